The Morgan fingerprint density at radius 3 is 2.49 bits per heavy atom. The third kappa shape index (κ3) is 4.35. The predicted molar refractivity (Wildman–Crippen MR) is 125 cm³/mol. The summed E-state index contributed by atoms with van der Waals surface area (Å²) in [5, 5.41) is 12.2. The van der Waals surface area contributed by atoms with E-state index < -0.39 is 28.7 Å². The largest absolute Gasteiger partial charge is 0.417 e. The molecule has 3 N–H and O–H groups in total. The molecule has 0 atom stereocenters. The van der Waals surface area contributed by atoms with Crippen LogP contribution >= 0.6 is 0 Å². The van der Waals surface area contributed by atoms with Crippen LogP contribution < -0.4 is 11.1 Å². The van der Waals surface area contributed by atoms with Crippen LogP contribution in [0.4, 0.5) is 29.1 Å². The minimum absolute atomic E-state index is 0.147. The number of hydrogen-bond acceptors (Lipinski definition) is 5. The SMILES string of the molecule is C=C(CN)N1CCn2c(nc(-c3ccc(F)cc3)c2Nc2ccc(C#N)c(C(F)(F)F)c2)C1(C)C. The van der Waals surface area contributed by atoms with E-state index in [4.69, 9.17) is 16.0 Å². The quantitative estimate of drug-likeness (QED) is 0.478. The number of rotatable bonds is 5. The van der Waals surface area contributed by atoms with Crippen LogP contribution in [0.2, 0.25) is 0 Å². The fourth-order valence-corrected chi connectivity index (χ4v) is 4.43. The third-order valence-electron chi connectivity index (χ3n) is 6.18. The Bertz CT molecular complexity index is 1320. The van der Waals surface area contributed by atoms with Gasteiger partial charge in [0.15, 0.2) is 0 Å². The van der Waals surface area contributed by atoms with Crippen LogP contribution in [-0.2, 0) is 18.3 Å². The number of hydrogen-bond donors (Lipinski definition) is 2. The lowest BCUT2D eigenvalue weighted by Crippen LogP contribution is -2.49. The molecule has 6 nitrogen and oxygen atoms in total. The molecule has 0 amide bonds. The minimum atomic E-state index is -4.69. The standard InChI is InChI=1S/C25H24F4N6/c1-15(13-30)35-11-10-34-22(32-19-9-6-17(14-31)20(12-19)25(27,28)29)21(33-23(34)24(35,2)3)16-4-7-18(26)8-5-16/h4-9,12,32H,1,10-11,13,30H2,2-3H3. The Hall–Kier alpha value is -3.84. The predicted octanol–water partition coefficient (Wildman–Crippen LogP) is 5.35. The lowest BCUT2D eigenvalue weighted by Gasteiger charge is -2.44. The van der Waals surface area contributed by atoms with Crippen LogP contribution in [0, 0.1) is 17.1 Å². The van der Waals surface area contributed by atoms with E-state index in [1.165, 1.54) is 18.2 Å². The number of nitrogens with zero attached hydrogens (tertiary/aromatic N) is 4. The first-order valence-electron chi connectivity index (χ1n) is 10.9. The van der Waals surface area contributed by atoms with E-state index in [2.05, 4.69) is 16.8 Å². The van der Waals surface area contributed by atoms with Crippen molar-refractivity contribution < 1.29 is 17.6 Å². The van der Waals surface area contributed by atoms with Crippen molar-refractivity contribution in [1.29, 1.82) is 5.26 Å². The Morgan fingerprint density at radius 2 is 1.89 bits per heavy atom. The molecule has 0 unspecified atom stereocenters. The average Bonchev–Trinajstić information content (AvgIpc) is 3.18. The molecule has 0 saturated heterocycles. The smallest absolute Gasteiger partial charge is 0.360 e. The number of anilines is 2. The van der Waals surface area contributed by atoms with E-state index in [1.807, 2.05) is 18.4 Å². The van der Waals surface area contributed by atoms with Gasteiger partial charge >= 0.3 is 6.18 Å². The first kappa shape index (κ1) is 24.3. The Labute approximate surface area is 200 Å². The second-order valence-electron chi connectivity index (χ2n) is 8.77. The fourth-order valence-electron chi connectivity index (χ4n) is 4.43. The van der Waals surface area contributed by atoms with Gasteiger partial charge in [0, 0.05) is 36.6 Å². The molecule has 0 saturated carbocycles. The van der Waals surface area contributed by atoms with Gasteiger partial charge < -0.3 is 20.5 Å². The monoisotopic (exact) mass is 484 g/mol. The van der Waals surface area contributed by atoms with Crippen LogP contribution in [0.3, 0.4) is 0 Å². The summed E-state index contributed by atoms with van der Waals surface area (Å²) in [7, 11) is 0. The summed E-state index contributed by atoms with van der Waals surface area (Å²) in [5.41, 5.74) is 5.66. The maximum absolute atomic E-state index is 13.6. The van der Waals surface area contributed by atoms with E-state index in [0.29, 0.717) is 36.0 Å². The van der Waals surface area contributed by atoms with Crippen LogP contribution in [0.25, 0.3) is 11.3 Å². The van der Waals surface area contributed by atoms with Gasteiger partial charge in [0.05, 0.1) is 22.7 Å². The number of nitrogens with two attached hydrogens (primary N) is 1. The lowest BCUT2D eigenvalue weighted by molar-refractivity contribution is -0.137. The molecule has 10 heteroatoms. The summed E-state index contributed by atoms with van der Waals surface area (Å²) in [5.74, 6) is 0.709. The topological polar surface area (TPSA) is 82.9 Å². The molecule has 1 aliphatic heterocycles. The molecule has 1 aliphatic rings. The maximum Gasteiger partial charge on any atom is 0.417 e. The Kier molecular flexibility index (Phi) is 6.07. The van der Waals surface area contributed by atoms with E-state index in [9.17, 15) is 17.6 Å². The van der Waals surface area contributed by atoms with Crippen LogP contribution in [0.15, 0.2) is 54.7 Å². The Morgan fingerprint density at radius 1 is 1.20 bits per heavy atom. The number of benzene rings is 2. The van der Waals surface area contributed by atoms with Gasteiger partial charge in [-0.25, -0.2) is 9.37 Å². The van der Waals surface area contributed by atoms with Crippen molar-refractivity contribution in [3.63, 3.8) is 0 Å². The summed E-state index contributed by atoms with van der Waals surface area (Å²) < 4.78 is 56.2. The van der Waals surface area contributed by atoms with Crippen molar-refractivity contribution in [2.45, 2.75) is 32.1 Å². The summed E-state index contributed by atoms with van der Waals surface area (Å²) >= 11 is 0. The first-order valence-corrected chi connectivity index (χ1v) is 10.9. The molecular weight excluding hydrogens is 460 g/mol. The summed E-state index contributed by atoms with van der Waals surface area (Å²) in [4.78, 5) is 6.90. The van der Waals surface area contributed by atoms with Crippen LogP contribution in [-0.4, -0.2) is 27.5 Å². The molecule has 0 fully saturated rings. The van der Waals surface area contributed by atoms with E-state index in [0.717, 1.165) is 17.8 Å². The fraction of sp³-hybridized carbons (Fsp3) is 0.280. The van der Waals surface area contributed by atoms with Crippen molar-refractivity contribution in [3.8, 4) is 17.3 Å². The van der Waals surface area contributed by atoms with E-state index in [-0.39, 0.29) is 12.2 Å². The summed E-state index contributed by atoms with van der Waals surface area (Å²) in [6.07, 6.45) is -4.69. The van der Waals surface area contributed by atoms with Crippen LogP contribution in [0.5, 0.6) is 0 Å². The van der Waals surface area contributed by atoms with Gasteiger partial charge in [0.2, 0.25) is 0 Å². The number of alkyl halides is 3. The number of imidazole rings is 1. The lowest BCUT2D eigenvalue weighted by atomic mass is 9.98. The molecule has 0 aliphatic carbocycles. The first-order chi connectivity index (χ1) is 16.5. The highest BCUT2D eigenvalue weighted by atomic mass is 19.4. The van der Waals surface area contributed by atoms with Crippen molar-refractivity contribution >= 4 is 11.5 Å². The van der Waals surface area contributed by atoms with Gasteiger partial charge in [-0.3, -0.25) is 0 Å². The zero-order valence-corrected chi connectivity index (χ0v) is 19.2. The van der Waals surface area contributed by atoms with Crippen LogP contribution in [0.1, 0.15) is 30.8 Å². The normalized spacial score (nSPS) is 14.9. The molecule has 0 spiro atoms. The third-order valence-corrected chi connectivity index (χ3v) is 6.18. The van der Waals surface area contributed by atoms with E-state index in [1.54, 1.807) is 18.2 Å². The van der Waals surface area contributed by atoms with Crippen molar-refractivity contribution in [2.75, 3.05) is 18.4 Å². The molecule has 35 heavy (non-hydrogen) atoms. The molecule has 0 radical (unpaired) electrons. The Balaban J connectivity index is 1.87. The highest BCUT2D eigenvalue weighted by molar-refractivity contribution is 5.77. The van der Waals surface area contributed by atoms with Gasteiger partial charge in [0.1, 0.15) is 23.2 Å². The summed E-state index contributed by atoms with van der Waals surface area (Å²) in [6, 6.07) is 10.8. The molecule has 2 aromatic carbocycles. The number of halogens is 4. The zero-order valence-electron chi connectivity index (χ0n) is 19.2. The number of nitriles is 1. The second kappa shape index (κ2) is 8.74. The second-order valence-corrected chi connectivity index (χ2v) is 8.77. The molecule has 182 valence electrons. The van der Waals surface area contributed by atoms with Gasteiger partial charge in [0.25, 0.3) is 0 Å². The summed E-state index contributed by atoms with van der Waals surface area (Å²) in [6.45, 7) is 9.28. The van der Waals surface area contributed by atoms with Gasteiger partial charge in [-0.1, -0.05) is 6.58 Å². The van der Waals surface area contributed by atoms with Crippen molar-refractivity contribution in [2.24, 2.45) is 5.73 Å². The molecule has 3 aromatic rings. The number of aromatic nitrogens is 2. The highest BCUT2D eigenvalue weighted by Crippen LogP contribution is 2.41. The van der Waals surface area contributed by atoms with Crippen molar-refractivity contribution in [3.05, 3.63) is 77.5 Å². The molecule has 4 rings (SSSR count). The molecule has 2 heterocycles. The van der Waals surface area contributed by atoms with Crippen molar-refractivity contribution in [1.82, 2.24) is 14.5 Å². The minimum Gasteiger partial charge on any atom is -0.360 e. The maximum atomic E-state index is 13.6. The number of fused-ring (bicyclic) bond motifs is 1. The molecule has 0 bridgehead atoms. The average molecular weight is 485 g/mol. The molecule has 1 aromatic heterocycles. The van der Waals surface area contributed by atoms with Gasteiger partial charge in [-0.05, 0) is 56.3 Å². The van der Waals surface area contributed by atoms with Gasteiger partial charge in [-0.2, -0.15) is 18.4 Å². The number of nitrogens with one attached hydrogen (secondary N) is 1. The van der Waals surface area contributed by atoms with Gasteiger partial charge in [-0.15, -0.1) is 0 Å². The van der Waals surface area contributed by atoms with E-state index >= 15 is 0 Å². The zero-order chi connectivity index (χ0) is 25.5. The molecular formula is C25H24F4N6. The highest BCUT2D eigenvalue weighted by Gasteiger charge is 2.40.